The molecule has 2 aliphatic rings. The zero-order chi connectivity index (χ0) is 17.1. The molecule has 2 amide bonds. The number of likely N-dealkylation sites (tertiary alicyclic amines) is 1. The molecule has 0 bridgehead atoms. The van der Waals surface area contributed by atoms with Crippen LogP contribution in [0.25, 0.3) is 0 Å². The van der Waals surface area contributed by atoms with Crippen LogP contribution < -0.4 is 20.9 Å². The van der Waals surface area contributed by atoms with Crippen molar-refractivity contribution in [1.29, 1.82) is 0 Å². The monoisotopic (exact) mass is 332 g/mol. The molecule has 0 aromatic heterocycles. The molecule has 0 radical (unpaired) electrons. The van der Waals surface area contributed by atoms with Gasteiger partial charge in [0, 0.05) is 25.6 Å². The number of hydrogen-bond donors (Lipinski definition) is 3. The first-order valence-electron chi connectivity index (χ1n) is 8.27. The Bertz CT molecular complexity index is 604. The standard InChI is InChI=1S/C17H24N4O3/c1-11-7-15(20-19-11)18-17(23)13-8-16(22)21(10-13)9-12-3-5-14(24-2)6-4-12/h3-6,11,13,15,19-20H,7-10H2,1-2H3,(H,18,23). The molecule has 0 spiro atoms. The molecular formula is C17H24N4O3. The van der Waals surface area contributed by atoms with E-state index in [1.807, 2.05) is 24.3 Å². The minimum Gasteiger partial charge on any atom is -0.497 e. The van der Waals surface area contributed by atoms with Gasteiger partial charge in [-0.25, -0.2) is 5.43 Å². The Morgan fingerprint density at radius 3 is 2.71 bits per heavy atom. The fraction of sp³-hybridized carbons (Fsp3) is 0.529. The highest BCUT2D eigenvalue weighted by molar-refractivity contribution is 5.89. The predicted molar refractivity (Wildman–Crippen MR) is 88.8 cm³/mol. The van der Waals surface area contributed by atoms with Gasteiger partial charge >= 0.3 is 0 Å². The van der Waals surface area contributed by atoms with Gasteiger partial charge in [0.15, 0.2) is 0 Å². The summed E-state index contributed by atoms with van der Waals surface area (Å²) < 4.78 is 5.14. The third kappa shape index (κ3) is 3.85. The largest absolute Gasteiger partial charge is 0.497 e. The predicted octanol–water partition coefficient (Wildman–Crippen LogP) is 0.372. The van der Waals surface area contributed by atoms with E-state index in [-0.39, 0.29) is 30.3 Å². The van der Waals surface area contributed by atoms with E-state index in [1.165, 1.54) is 0 Å². The molecule has 2 fully saturated rings. The third-order valence-corrected chi connectivity index (χ3v) is 4.53. The van der Waals surface area contributed by atoms with Gasteiger partial charge in [0.2, 0.25) is 11.8 Å². The van der Waals surface area contributed by atoms with Gasteiger partial charge in [0.05, 0.1) is 19.2 Å². The summed E-state index contributed by atoms with van der Waals surface area (Å²) in [5.41, 5.74) is 7.14. The van der Waals surface area contributed by atoms with Crippen LogP contribution in [0.1, 0.15) is 25.3 Å². The zero-order valence-corrected chi connectivity index (χ0v) is 14.0. The molecule has 1 aromatic rings. The van der Waals surface area contributed by atoms with Crippen molar-refractivity contribution in [3.63, 3.8) is 0 Å². The van der Waals surface area contributed by atoms with Gasteiger partial charge < -0.3 is 15.0 Å². The summed E-state index contributed by atoms with van der Waals surface area (Å²) in [6, 6.07) is 7.96. The van der Waals surface area contributed by atoms with Crippen LogP contribution in [-0.2, 0) is 16.1 Å². The highest BCUT2D eigenvalue weighted by atomic mass is 16.5. The highest BCUT2D eigenvalue weighted by Crippen LogP contribution is 2.22. The number of nitrogens with one attached hydrogen (secondary N) is 3. The number of ether oxygens (including phenoxy) is 1. The molecule has 7 heteroatoms. The molecule has 24 heavy (non-hydrogen) atoms. The Hall–Kier alpha value is -2.12. The fourth-order valence-corrected chi connectivity index (χ4v) is 3.15. The SMILES string of the molecule is COc1ccc(CN2CC(C(=O)NC3CC(C)NN3)CC2=O)cc1. The molecule has 2 saturated heterocycles. The van der Waals surface area contributed by atoms with E-state index < -0.39 is 0 Å². The molecule has 7 nitrogen and oxygen atoms in total. The van der Waals surface area contributed by atoms with E-state index in [1.54, 1.807) is 12.0 Å². The first kappa shape index (κ1) is 16.7. The highest BCUT2D eigenvalue weighted by Gasteiger charge is 2.35. The number of benzene rings is 1. The summed E-state index contributed by atoms with van der Waals surface area (Å²) in [6.07, 6.45) is 1.04. The van der Waals surface area contributed by atoms with Gasteiger partial charge in [0.1, 0.15) is 5.75 Å². The molecule has 2 aliphatic heterocycles. The molecule has 0 aliphatic carbocycles. The van der Waals surface area contributed by atoms with Crippen LogP contribution in [0.15, 0.2) is 24.3 Å². The van der Waals surface area contributed by atoms with Gasteiger partial charge in [0.25, 0.3) is 0 Å². The van der Waals surface area contributed by atoms with Gasteiger partial charge in [-0.3, -0.25) is 15.0 Å². The molecule has 3 unspecified atom stereocenters. The van der Waals surface area contributed by atoms with Crippen molar-refractivity contribution in [2.75, 3.05) is 13.7 Å². The van der Waals surface area contributed by atoms with Crippen LogP contribution in [0, 0.1) is 5.92 Å². The van der Waals surface area contributed by atoms with E-state index in [2.05, 4.69) is 23.1 Å². The number of methoxy groups -OCH3 is 1. The topological polar surface area (TPSA) is 82.7 Å². The molecular weight excluding hydrogens is 308 g/mol. The van der Waals surface area contributed by atoms with Gasteiger partial charge in [-0.15, -0.1) is 0 Å². The van der Waals surface area contributed by atoms with Crippen LogP contribution in [0.3, 0.4) is 0 Å². The molecule has 1 aromatic carbocycles. The number of carbonyl (C=O) groups is 2. The molecule has 2 heterocycles. The number of hydrogen-bond acceptors (Lipinski definition) is 5. The number of carbonyl (C=O) groups excluding carboxylic acids is 2. The van der Waals surface area contributed by atoms with Crippen molar-refractivity contribution < 1.29 is 14.3 Å². The lowest BCUT2D eigenvalue weighted by atomic mass is 10.1. The van der Waals surface area contributed by atoms with E-state index >= 15 is 0 Å². The average molecular weight is 332 g/mol. The second kappa shape index (κ2) is 7.19. The van der Waals surface area contributed by atoms with Gasteiger partial charge in [-0.05, 0) is 31.0 Å². The Morgan fingerprint density at radius 2 is 2.08 bits per heavy atom. The number of rotatable bonds is 5. The molecule has 3 atom stereocenters. The van der Waals surface area contributed by atoms with Crippen LogP contribution in [0.2, 0.25) is 0 Å². The molecule has 3 rings (SSSR count). The van der Waals surface area contributed by atoms with E-state index in [0.29, 0.717) is 19.1 Å². The molecule has 3 N–H and O–H groups in total. The van der Waals surface area contributed by atoms with Crippen LogP contribution >= 0.6 is 0 Å². The Kier molecular flexibility index (Phi) is 5.01. The van der Waals surface area contributed by atoms with Crippen LogP contribution in [-0.4, -0.2) is 42.6 Å². The minimum absolute atomic E-state index is 0.0249. The first-order chi connectivity index (χ1) is 11.5. The molecule has 130 valence electrons. The Labute approximate surface area is 141 Å². The van der Waals surface area contributed by atoms with Crippen molar-refractivity contribution in [1.82, 2.24) is 21.1 Å². The number of nitrogens with zero attached hydrogens (tertiary/aromatic N) is 1. The van der Waals surface area contributed by atoms with E-state index in [9.17, 15) is 9.59 Å². The second-order valence-electron chi connectivity index (χ2n) is 6.51. The lowest BCUT2D eigenvalue weighted by molar-refractivity contribution is -0.129. The summed E-state index contributed by atoms with van der Waals surface area (Å²) in [4.78, 5) is 26.3. The van der Waals surface area contributed by atoms with Crippen LogP contribution in [0.4, 0.5) is 0 Å². The maximum atomic E-state index is 12.4. The van der Waals surface area contributed by atoms with Gasteiger partial charge in [-0.2, -0.15) is 0 Å². The van der Waals surface area contributed by atoms with Crippen molar-refractivity contribution >= 4 is 11.8 Å². The van der Waals surface area contributed by atoms with E-state index in [4.69, 9.17) is 4.74 Å². The lowest BCUT2D eigenvalue weighted by Gasteiger charge is -2.18. The Morgan fingerprint density at radius 1 is 1.33 bits per heavy atom. The third-order valence-electron chi connectivity index (χ3n) is 4.53. The Balaban J connectivity index is 1.53. The fourth-order valence-electron chi connectivity index (χ4n) is 3.15. The average Bonchev–Trinajstić information content (AvgIpc) is 3.14. The second-order valence-corrected chi connectivity index (χ2v) is 6.51. The minimum atomic E-state index is -0.284. The van der Waals surface area contributed by atoms with Crippen molar-refractivity contribution in [2.45, 2.75) is 38.5 Å². The maximum Gasteiger partial charge on any atom is 0.226 e. The zero-order valence-electron chi connectivity index (χ0n) is 14.0. The normalized spacial score (nSPS) is 26.7. The smallest absolute Gasteiger partial charge is 0.226 e. The maximum absolute atomic E-state index is 12.4. The number of hydrazine groups is 1. The van der Waals surface area contributed by atoms with Crippen molar-refractivity contribution in [2.24, 2.45) is 5.92 Å². The van der Waals surface area contributed by atoms with Crippen molar-refractivity contribution in [3.05, 3.63) is 29.8 Å². The van der Waals surface area contributed by atoms with Crippen LogP contribution in [0.5, 0.6) is 5.75 Å². The lowest BCUT2D eigenvalue weighted by Crippen LogP contribution is -2.46. The first-order valence-corrected chi connectivity index (χ1v) is 8.27. The summed E-state index contributed by atoms with van der Waals surface area (Å²) in [5.74, 6) is 0.468. The quantitative estimate of drug-likeness (QED) is 0.726. The summed E-state index contributed by atoms with van der Waals surface area (Å²) in [7, 11) is 1.62. The number of amides is 2. The van der Waals surface area contributed by atoms with Crippen molar-refractivity contribution in [3.8, 4) is 5.75 Å². The van der Waals surface area contributed by atoms with Gasteiger partial charge in [-0.1, -0.05) is 12.1 Å². The summed E-state index contributed by atoms with van der Waals surface area (Å²) >= 11 is 0. The summed E-state index contributed by atoms with van der Waals surface area (Å²) in [5, 5.41) is 2.96. The molecule has 0 saturated carbocycles. The van der Waals surface area contributed by atoms with E-state index in [0.717, 1.165) is 17.7 Å². The summed E-state index contributed by atoms with van der Waals surface area (Å²) in [6.45, 7) is 3.04.